The summed E-state index contributed by atoms with van der Waals surface area (Å²) in [6.07, 6.45) is 0. The third kappa shape index (κ3) is 3.62. The van der Waals surface area contributed by atoms with Gasteiger partial charge in [0.05, 0.1) is 10.6 Å². The van der Waals surface area contributed by atoms with E-state index in [4.69, 9.17) is 16.7 Å². The van der Waals surface area contributed by atoms with Crippen molar-refractivity contribution in [3.8, 4) is 0 Å². The van der Waals surface area contributed by atoms with Gasteiger partial charge >= 0.3 is 5.97 Å². The van der Waals surface area contributed by atoms with Crippen LogP contribution in [-0.2, 0) is 0 Å². The number of benzene rings is 2. The van der Waals surface area contributed by atoms with Gasteiger partial charge in [-0.15, -0.1) is 0 Å². The Morgan fingerprint density at radius 1 is 1.19 bits per heavy atom. The van der Waals surface area contributed by atoms with Gasteiger partial charge in [0.2, 0.25) is 0 Å². The lowest BCUT2D eigenvalue weighted by Gasteiger charge is -2.08. The van der Waals surface area contributed by atoms with Gasteiger partial charge in [-0.25, -0.2) is 4.79 Å². The topological polar surface area (TPSA) is 66.4 Å². The second-order valence-corrected chi connectivity index (χ2v) is 5.68. The Morgan fingerprint density at radius 2 is 1.90 bits per heavy atom. The second-order valence-electron chi connectivity index (χ2n) is 4.42. The Bertz CT molecular complexity index is 731. The van der Waals surface area contributed by atoms with Gasteiger partial charge in [0.1, 0.15) is 0 Å². The SMILES string of the molecule is Cc1ccc(NC(=O)c2ccc(Cl)c(Br)c2)cc1C(=O)O. The van der Waals surface area contributed by atoms with Gasteiger partial charge in [-0.05, 0) is 58.7 Å². The van der Waals surface area contributed by atoms with E-state index in [1.807, 2.05) is 0 Å². The van der Waals surface area contributed by atoms with E-state index in [9.17, 15) is 9.59 Å². The molecule has 2 aromatic carbocycles. The van der Waals surface area contributed by atoms with E-state index in [1.165, 1.54) is 6.07 Å². The molecule has 0 radical (unpaired) electrons. The summed E-state index contributed by atoms with van der Waals surface area (Å²) in [5, 5.41) is 12.2. The third-order valence-electron chi connectivity index (χ3n) is 2.91. The van der Waals surface area contributed by atoms with Crippen LogP contribution in [0.4, 0.5) is 5.69 Å². The number of nitrogens with one attached hydrogen (secondary N) is 1. The number of carboxylic acids is 1. The first-order valence-electron chi connectivity index (χ1n) is 5.99. The number of amides is 1. The van der Waals surface area contributed by atoms with E-state index >= 15 is 0 Å². The summed E-state index contributed by atoms with van der Waals surface area (Å²) < 4.78 is 0.618. The van der Waals surface area contributed by atoms with E-state index in [2.05, 4.69) is 21.2 Å². The van der Waals surface area contributed by atoms with Crippen molar-refractivity contribution in [2.75, 3.05) is 5.32 Å². The normalized spacial score (nSPS) is 10.2. The summed E-state index contributed by atoms with van der Waals surface area (Å²) in [5.41, 5.74) is 1.64. The summed E-state index contributed by atoms with van der Waals surface area (Å²) in [6, 6.07) is 9.54. The molecule has 0 bridgehead atoms. The number of halogens is 2. The van der Waals surface area contributed by atoms with Crippen LogP contribution in [0.3, 0.4) is 0 Å². The molecule has 0 aliphatic heterocycles. The van der Waals surface area contributed by atoms with Gasteiger partial charge in [0, 0.05) is 15.7 Å². The number of rotatable bonds is 3. The lowest BCUT2D eigenvalue weighted by molar-refractivity contribution is 0.0695. The molecule has 0 heterocycles. The highest BCUT2D eigenvalue weighted by Crippen LogP contribution is 2.24. The minimum absolute atomic E-state index is 0.157. The molecule has 0 aliphatic rings. The summed E-state index contributed by atoms with van der Waals surface area (Å²) in [6.45, 7) is 1.70. The lowest BCUT2D eigenvalue weighted by Crippen LogP contribution is -2.12. The van der Waals surface area contributed by atoms with E-state index in [0.29, 0.717) is 26.3 Å². The molecule has 0 saturated carbocycles. The van der Waals surface area contributed by atoms with Crippen LogP contribution < -0.4 is 5.32 Å². The number of carbonyl (C=O) groups is 2. The van der Waals surface area contributed by atoms with Gasteiger partial charge < -0.3 is 10.4 Å². The Balaban J connectivity index is 2.25. The molecule has 0 unspecified atom stereocenters. The number of hydrogen-bond acceptors (Lipinski definition) is 2. The van der Waals surface area contributed by atoms with Gasteiger partial charge in [0.25, 0.3) is 5.91 Å². The van der Waals surface area contributed by atoms with Crippen molar-refractivity contribution in [1.29, 1.82) is 0 Å². The number of aryl methyl sites for hydroxylation is 1. The highest BCUT2D eigenvalue weighted by Gasteiger charge is 2.11. The molecule has 0 aliphatic carbocycles. The van der Waals surface area contributed by atoms with Gasteiger partial charge in [0.15, 0.2) is 0 Å². The van der Waals surface area contributed by atoms with Crippen LogP contribution in [0.25, 0.3) is 0 Å². The summed E-state index contributed by atoms with van der Waals surface area (Å²) in [5.74, 6) is -1.37. The van der Waals surface area contributed by atoms with E-state index < -0.39 is 5.97 Å². The molecule has 2 N–H and O–H groups in total. The molecular formula is C15H11BrClNO3. The van der Waals surface area contributed by atoms with Crippen LogP contribution in [0, 0.1) is 6.92 Å². The Morgan fingerprint density at radius 3 is 2.52 bits per heavy atom. The fourth-order valence-electron chi connectivity index (χ4n) is 1.77. The highest BCUT2D eigenvalue weighted by atomic mass is 79.9. The Labute approximate surface area is 134 Å². The van der Waals surface area contributed by atoms with Crippen molar-refractivity contribution in [1.82, 2.24) is 0 Å². The van der Waals surface area contributed by atoms with E-state index in [0.717, 1.165) is 0 Å². The van der Waals surface area contributed by atoms with Crippen molar-refractivity contribution >= 4 is 45.1 Å². The average Bonchev–Trinajstić information content (AvgIpc) is 2.43. The Kier molecular flexibility index (Phi) is 4.65. The van der Waals surface area contributed by atoms with E-state index in [1.54, 1.807) is 37.3 Å². The molecular weight excluding hydrogens is 358 g/mol. The van der Waals surface area contributed by atoms with Crippen LogP contribution in [-0.4, -0.2) is 17.0 Å². The van der Waals surface area contributed by atoms with Crippen LogP contribution in [0.1, 0.15) is 26.3 Å². The number of aromatic carboxylic acids is 1. The second kappa shape index (κ2) is 6.28. The Hall–Kier alpha value is -1.85. The number of hydrogen-bond donors (Lipinski definition) is 2. The molecule has 6 heteroatoms. The highest BCUT2D eigenvalue weighted by molar-refractivity contribution is 9.10. The summed E-state index contributed by atoms with van der Waals surface area (Å²) in [4.78, 5) is 23.2. The molecule has 0 spiro atoms. The maximum atomic E-state index is 12.1. The molecule has 2 rings (SSSR count). The average molecular weight is 369 g/mol. The zero-order valence-electron chi connectivity index (χ0n) is 11.0. The third-order valence-corrected chi connectivity index (χ3v) is 4.12. The first-order chi connectivity index (χ1) is 9.88. The molecule has 4 nitrogen and oxygen atoms in total. The van der Waals surface area contributed by atoms with Gasteiger partial charge in [-0.3, -0.25) is 4.79 Å². The van der Waals surface area contributed by atoms with E-state index in [-0.39, 0.29) is 11.5 Å². The quantitative estimate of drug-likeness (QED) is 0.846. The van der Waals surface area contributed by atoms with Crippen molar-refractivity contribution in [2.24, 2.45) is 0 Å². The fourth-order valence-corrected chi connectivity index (χ4v) is 2.27. The van der Waals surface area contributed by atoms with Crippen molar-refractivity contribution in [3.63, 3.8) is 0 Å². The molecule has 2 aromatic rings. The molecule has 21 heavy (non-hydrogen) atoms. The largest absolute Gasteiger partial charge is 0.478 e. The first-order valence-corrected chi connectivity index (χ1v) is 7.16. The minimum atomic E-state index is -1.03. The van der Waals surface area contributed by atoms with Gasteiger partial charge in [-0.1, -0.05) is 17.7 Å². The monoisotopic (exact) mass is 367 g/mol. The molecule has 1 amide bonds. The summed E-state index contributed by atoms with van der Waals surface area (Å²) >= 11 is 9.13. The van der Waals surface area contributed by atoms with Crippen LogP contribution in [0.5, 0.6) is 0 Å². The molecule has 0 aromatic heterocycles. The predicted octanol–water partition coefficient (Wildman–Crippen LogP) is 4.36. The molecule has 0 fully saturated rings. The number of carboxylic acid groups (broad SMARTS) is 1. The zero-order chi connectivity index (χ0) is 15.6. The van der Waals surface area contributed by atoms with Crippen molar-refractivity contribution < 1.29 is 14.7 Å². The fraction of sp³-hybridized carbons (Fsp3) is 0.0667. The standard InChI is InChI=1S/C15H11BrClNO3/c1-8-2-4-10(7-11(8)15(20)21)18-14(19)9-3-5-13(17)12(16)6-9/h2-7H,1H3,(H,18,19)(H,20,21). The summed E-state index contributed by atoms with van der Waals surface area (Å²) in [7, 11) is 0. The maximum Gasteiger partial charge on any atom is 0.336 e. The first kappa shape index (κ1) is 15.5. The maximum absolute atomic E-state index is 12.1. The smallest absolute Gasteiger partial charge is 0.336 e. The predicted molar refractivity (Wildman–Crippen MR) is 85.2 cm³/mol. The minimum Gasteiger partial charge on any atom is -0.478 e. The number of carbonyl (C=O) groups excluding carboxylic acids is 1. The molecule has 108 valence electrons. The van der Waals surface area contributed by atoms with Crippen molar-refractivity contribution in [3.05, 3.63) is 62.6 Å². The van der Waals surface area contributed by atoms with Gasteiger partial charge in [-0.2, -0.15) is 0 Å². The molecule has 0 atom stereocenters. The molecule has 0 saturated heterocycles. The van der Waals surface area contributed by atoms with Crippen molar-refractivity contribution in [2.45, 2.75) is 6.92 Å². The van der Waals surface area contributed by atoms with Crippen LogP contribution >= 0.6 is 27.5 Å². The van der Waals surface area contributed by atoms with Crippen LogP contribution in [0.2, 0.25) is 5.02 Å². The van der Waals surface area contributed by atoms with Crippen LogP contribution in [0.15, 0.2) is 40.9 Å². The zero-order valence-corrected chi connectivity index (χ0v) is 13.3. The number of anilines is 1. The lowest BCUT2D eigenvalue weighted by atomic mass is 10.1.